The first-order chi connectivity index (χ1) is 15.1. The van der Waals surface area contributed by atoms with Gasteiger partial charge in [-0.3, -0.25) is 4.79 Å². The highest BCUT2D eigenvalue weighted by atomic mass is 32.1. The van der Waals surface area contributed by atoms with Crippen molar-refractivity contribution in [2.45, 2.75) is 44.4 Å². The van der Waals surface area contributed by atoms with Crippen molar-refractivity contribution < 1.29 is 14.6 Å². The van der Waals surface area contributed by atoms with Gasteiger partial charge in [0.2, 0.25) is 5.88 Å². The van der Waals surface area contributed by atoms with Gasteiger partial charge in [-0.2, -0.15) is 0 Å². The number of nitrogens with one attached hydrogen (secondary N) is 1. The van der Waals surface area contributed by atoms with Gasteiger partial charge in [0.05, 0.1) is 13.5 Å². The van der Waals surface area contributed by atoms with Crippen molar-refractivity contribution in [1.29, 1.82) is 0 Å². The highest BCUT2D eigenvalue weighted by Crippen LogP contribution is 2.32. The summed E-state index contributed by atoms with van der Waals surface area (Å²) in [5, 5.41) is 13.6. The average Bonchev–Trinajstić information content (AvgIpc) is 3.26. The number of methoxy groups -OCH3 is 1. The molecule has 3 aromatic rings. The minimum absolute atomic E-state index is 0.0208. The Hall–Kier alpha value is -3.00. The van der Waals surface area contributed by atoms with E-state index in [0.717, 1.165) is 65.6 Å². The molecule has 0 unspecified atom stereocenters. The number of aliphatic carboxylic acids is 1. The highest BCUT2D eigenvalue weighted by Gasteiger charge is 2.22. The van der Waals surface area contributed by atoms with E-state index in [-0.39, 0.29) is 12.3 Å². The molecule has 3 aromatic heterocycles. The van der Waals surface area contributed by atoms with E-state index in [2.05, 4.69) is 27.4 Å². The zero-order valence-electron chi connectivity index (χ0n) is 17.5. The van der Waals surface area contributed by atoms with Gasteiger partial charge in [0.1, 0.15) is 10.8 Å². The summed E-state index contributed by atoms with van der Waals surface area (Å²) in [7, 11) is 1.56. The number of fused-ring (bicyclic) bond motifs is 1. The Morgan fingerprint density at radius 2 is 2.13 bits per heavy atom. The topological polar surface area (TPSA) is 97.2 Å². The number of carboxylic acid groups (broad SMARTS) is 1. The largest absolute Gasteiger partial charge is 0.481 e. The number of aromatic nitrogens is 3. The zero-order valence-corrected chi connectivity index (χ0v) is 18.3. The van der Waals surface area contributed by atoms with Crippen LogP contribution in [0.5, 0.6) is 5.88 Å². The fourth-order valence-electron chi connectivity index (χ4n) is 3.79. The maximum Gasteiger partial charge on any atom is 0.304 e. The first kappa shape index (κ1) is 21.2. The van der Waals surface area contributed by atoms with Gasteiger partial charge in [-0.25, -0.2) is 15.0 Å². The third kappa shape index (κ3) is 5.38. The number of rotatable bonds is 9. The van der Waals surface area contributed by atoms with Crippen molar-refractivity contribution >= 4 is 23.1 Å². The van der Waals surface area contributed by atoms with Crippen molar-refractivity contribution in [3.63, 3.8) is 0 Å². The van der Waals surface area contributed by atoms with Gasteiger partial charge in [0, 0.05) is 41.5 Å². The molecule has 162 valence electrons. The maximum atomic E-state index is 11.4. The Morgan fingerprint density at radius 1 is 1.23 bits per heavy atom. The van der Waals surface area contributed by atoms with Crippen LogP contribution in [0.3, 0.4) is 0 Å². The van der Waals surface area contributed by atoms with Crippen LogP contribution in [0.2, 0.25) is 0 Å². The summed E-state index contributed by atoms with van der Waals surface area (Å²) in [5.74, 6) is 0.366. The van der Waals surface area contributed by atoms with Crippen molar-refractivity contribution in [3.05, 3.63) is 63.4 Å². The number of pyridine rings is 2. The summed E-state index contributed by atoms with van der Waals surface area (Å²) in [6.07, 6.45) is 8.55. The second kappa shape index (κ2) is 9.87. The Kier molecular flexibility index (Phi) is 6.76. The minimum atomic E-state index is -0.857. The molecule has 1 aliphatic heterocycles. The number of carbonyl (C=O) groups is 1. The second-order valence-corrected chi connectivity index (χ2v) is 8.79. The molecule has 0 amide bonds. The number of ether oxygens (including phenoxy) is 1. The van der Waals surface area contributed by atoms with Crippen LogP contribution in [0, 0.1) is 0 Å². The quantitative estimate of drug-likeness (QED) is 0.519. The molecule has 0 radical (unpaired) electrons. The van der Waals surface area contributed by atoms with E-state index in [9.17, 15) is 9.90 Å². The van der Waals surface area contributed by atoms with E-state index in [0.29, 0.717) is 5.88 Å². The molecule has 0 bridgehead atoms. The second-order valence-electron chi connectivity index (χ2n) is 7.64. The van der Waals surface area contributed by atoms with Crippen LogP contribution in [0.1, 0.15) is 51.9 Å². The van der Waals surface area contributed by atoms with Gasteiger partial charge in [0.15, 0.2) is 0 Å². The summed E-state index contributed by atoms with van der Waals surface area (Å²) in [6.45, 7) is 0.994. The molecule has 4 heterocycles. The number of aryl methyl sites for hydroxylation is 3. The molecule has 1 aliphatic rings. The van der Waals surface area contributed by atoms with Gasteiger partial charge < -0.3 is 15.2 Å². The van der Waals surface area contributed by atoms with Gasteiger partial charge in [-0.15, -0.1) is 11.3 Å². The monoisotopic (exact) mass is 438 g/mol. The van der Waals surface area contributed by atoms with Crippen LogP contribution < -0.4 is 10.1 Å². The molecular weight excluding hydrogens is 412 g/mol. The molecule has 0 saturated carbocycles. The summed E-state index contributed by atoms with van der Waals surface area (Å²) < 4.78 is 5.10. The van der Waals surface area contributed by atoms with Crippen LogP contribution in [0.4, 0.5) is 5.82 Å². The van der Waals surface area contributed by atoms with E-state index >= 15 is 0 Å². The molecule has 2 N–H and O–H groups in total. The molecule has 0 aromatic carbocycles. The molecule has 7 nitrogen and oxygen atoms in total. The molecule has 4 rings (SSSR count). The standard InChI is InChI=1S/C23H26N4O3S/c1-30-20-10-8-16(13-25-20)19(12-21(28)29)23-26-14-18(31-23)6-2-5-17-9-7-15-4-3-11-24-22(15)27-17/h7-10,13-14,19H,2-6,11-12H2,1H3,(H,24,27)(H,28,29)/t19-/m0/s1. The van der Waals surface area contributed by atoms with Gasteiger partial charge in [0.25, 0.3) is 0 Å². The van der Waals surface area contributed by atoms with Crippen molar-refractivity contribution in [2.75, 3.05) is 19.0 Å². The molecular formula is C23H26N4O3S. The molecule has 0 saturated heterocycles. The van der Waals surface area contributed by atoms with E-state index < -0.39 is 5.97 Å². The highest BCUT2D eigenvalue weighted by molar-refractivity contribution is 7.11. The molecule has 8 heteroatoms. The Labute approximate surface area is 185 Å². The van der Waals surface area contributed by atoms with Crippen LogP contribution in [0.15, 0.2) is 36.7 Å². The fraction of sp³-hybridized carbons (Fsp3) is 0.391. The summed E-state index contributed by atoms with van der Waals surface area (Å²) in [4.78, 5) is 26.1. The van der Waals surface area contributed by atoms with Crippen LogP contribution in [-0.4, -0.2) is 39.7 Å². The van der Waals surface area contributed by atoms with Crippen LogP contribution in [-0.2, 0) is 24.1 Å². The lowest BCUT2D eigenvalue weighted by Gasteiger charge is -2.17. The zero-order chi connectivity index (χ0) is 21.6. The number of hydrogen-bond donors (Lipinski definition) is 2. The normalized spacial score (nSPS) is 13.8. The lowest BCUT2D eigenvalue weighted by molar-refractivity contribution is -0.137. The van der Waals surface area contributed by atoms with Crippen molar-refractivity contribution in [1.82, 2.24) is 15.0 Å². The third-order valence-electron chi connectivity index (χ3n) is 5.43. The van der Waals surface area contributed by atoms with Crippen molar-refractivity contribution in [3.8, 4) is 5.88 Å². The third-order valence-corrected chi connectivity index (χ3v) is 6.60. The van der Waals surface area contributed by atoms with E-state index in [1.165, 1.54) is 5.56 Å². The Morgan fingerprint density at radius 3 is 2.90 bits per heavy atom. The van der Waals surface area contributed by atoms with Crippen LogP contribution in [0.25, 0.3) is 0 Å². The average molecular weight is 439 g/mol. The van der Waals surface area contributed by atoms with Crippen molar-refractivity contribution in [2.24, 2.45) is 0 Å². The Bertz CT molecular complexity index is 1040. The maximum absolute atomic E-state index is 11.4. The SMILES string of the molecule is COc1ccc([C@H](CC(=O)O)c2ncc(CCCc3ccc4c(n3)NCCC4)s2)cn1. The van der Waals surface area contributed by atoms with E-state index in [1.807, 2.05) is 12.3 Å². The van der Waals surface area contributed by atoms with Gasteiger partial charge in [-0.1, -0.05) is 12.1 Å². The van der Waals surface area contributed by atoms with E-state index in [1.54, 1.807) is 30.7 Å². The molecule has 0 spiro atoms. The Balaban J connectivity index is 1.40. The summed E-state index contributed by atoms with van der Waals surface area (Å²) in [6, 6.07) is 7.92. The lowest BCUT2D eigenvalue weighted by atomic mass is 9.98. The smallest absolute Gasteiger partial charge is 0.304 e. The molecule has 31 heavy (non-hydrogen) atoms. The number of hydrogen-bond acceptors (Lipinski definition) is 7. The molecule has 1 atom stereocenters. The number of nitrogens with zero attached hydrogens (tertiary/aromatic N) is 3. The van der Waals surface area contributed by atoms with Crippen LogP contribution >= 0.6 is 11.3 Å². The molecule has 0 aliphatic carbocycles. The van der Waals surface area contributed by atoms with Gasteiger partial charge in [-0.05, 0) is 49.3 Å². The predicted octanol–water partition coefficient (Wildman–Crippen LogP) is 4.08. The minimum Gasteiger partial charge on any atom is -0.481 e. The van der Waals surface area contributed by atoms with Gasteiger partial charge >= 0.3 is 5.97 Å². The summed E-state index contributed by atoms with van der Waals surface area (Å²) in [5.41, 5.74) is 3.24. The first-order valence-corrected chi connectivity index (χ1v) is 11.3. The summed E-state index contributed by atoms with van der Waals surface area (Å²) >= 11 is 1.58. The number of thiazole rings is 1. The first-order valence-electron chi connectivity index (χ1n) is 10.5. The lowest BCUT2D eigenvalue weighted by Crippen LogP contribution is -2.14. The van der Waals surface area contributed by atoms with E-state index in [4.69, 9.17) is 9.72 Å². The predicted molar refractivity (Wildman–Crippen MR) is 120 cm³/mol. The fourth-order valence-corrected chi connectivity index (χ4v) is 4.88. The number of anilines is 1. The number of carboxylic acids is 1. The molecule has 0 fully saturated rings.